The molecule has 4 nitrogen and oxygen atoms in total. The normalized spacial score (nSPS) is 21.2. The Morgan fingerprint density at radius 2 is 1.17 bits per heavy atom. The number of aliphatic imine (C=N–C) groups is 2. The number of hydrogen-bond acceptors (Lipinski definition) is 4. The predicted octanol–water partition coefficient (Wildman–Crippen LogP) is 8.89. The van der Waals surface area contributed by atoms with Crippen LogP contribution in [0.3, 0.4) is 0 Å². The van der Waals surface area contributed by atoms with E-state index in [1.165, 1.54) is 0 Å². The van der Waals surface area contributed by atoms with Crippen LogP contribution in [0.1, 0.15) is 54.1 Å². The molecule has 0 saturated carbocycles. The van der Waals surface area contributed by atoms with Crippen LogP contribution < -0.4 is 0 Å². The summed E-state index contributed by atoms with van der Waals surface area (Å²) in [5, 5.41) is 10.8. The largest absolute Gasteiger partial charge is 0.300 e. The van der Waals surface area contributed by atoms with Crippen molar-refractivity contribution in [2.24, 2.45) is 21.8 Å². The number of benzene rings is 4. The van der Waals surface area contributed by atoms with Gasteiger partial charge in [-0.05, 0) is 53.4 Å². The smallest absolute Gasteiger partial charge is 0.135 e. The molecule has 41 heavy (non-hydrogen) atoms. The molecule has 0 spiro atoms. The molecular weight excluding hydrogens is 549 g/mol. The lowest BCUT2D eigenvalue weighted by Crippen LogP contribution is -2.15. The van der Waals surface area contributed by atoms with Crippen LogP contribution in [0.15, 0.2) is 119 Å². The maximum atomic E-state index is 11.9. The number of nitriles is 1. The number of carbonyl (C=O) groups excluding carboxylic acids is 1. The Morgan fingerprint density at radius 3 is 1.76 bits per heavy atom. The van der Waals surface area contributed by atoms with Gasteiger partial charge < -0.3 is 0 Å². The fourth-order valence-corrected chi connectivity index (χ4v) is 5.58. The summed E-state index contributed by atoms with van der Waals surface area (Å²) < 4.78 is 0. The third kappa shape index (κ3) is 6.82. The van der Waals surface area contributed by atoms with Crippen LogP contribution in [0, 0.1) is 23.2 Å². The highest BCUT2D eigenvalue weighted by Crippen LogP contribution is 2.38. The van der Waals surface area contributed by atoms with Crippen LogP contribution in [0.5, 0.6) is 0 Å². The summed E-state index contributed by atoms with van der Waals surface area (Å²) >= 11 is 11.8. The van der Waals surface area contributed by atoms with Gasteiger partial charge in [0.1, 0.15) is 5.78 Å². The Balaban J connectivity index is 0.000000165. The van der Waals surface area contributed by atoms with E-state index in [0.717, 1.165) is 40.1 Å². The first-order chi connectivity index (χ1) is 19.9. The lowest BCUT2D eigenvalue weighted by atomic mass is 9.89. The van der Waals surface area contributed by atoms with E-state index < -0.39 is 0 Å². The molecule has 2 aliphatic rings. The first-order valence-electron chi connectivity index (χ1n) is 13.6. The Morgan fingerprint density at radius 1 is 0.683 bits per heavy atom. The SMILES string of the molecule is CC(=O)C1CC(c2ccccc2)=NC1c1ccccc1.N#CC1CC(c2ccc(Cl)cc2)=NC1c1ccc(Cl)cc1. The molecule has 4 aromatic carbocycles. The third-order valence-corrected chi connectivity index (χ3v) is 8.01. The zero-order valence-corrected chi connectivity index (χ0v) is 24.1. The predicted molar refractivity (Wildman–Crippen MR) is 167 cm³/mol. The molecule has 6 rings (SSSR count). The topological polar surface area (TPSA) is 65.6 Å². The van der Waals surface area contributed by atoms with Gasteiger partial charge in [-0.1, -0.05) is 108 Å². The molecule has 2 heterocycles. The molecule has 0 N–H and O–H groups in total. The first-order valence-corrected chi connectivity index (χ1v) is 14.3. The van der Waals surface area contributed by atoms with Gasteiger partial charge in [0.15, 0.2) is 0 Å². The van der Waals surface area contributed by atoms with Crippen molar-refractivity contribution in [1.82, 2.24) is 0 Å². The van der Waals surface area contributed by atoms with Crippen molar-refractivity contribution in [2.45, 2.75) is 31.8 Å². The Hall–Kier alpha value is -4.04. The van der Waals surface area contributed by atoms with E-state index in [-0.39, 0.29) is 29.7 Å². The van der Waals surface area contributed by atoms with E-state index in [4.69, 9.17) is 33.2 Å². The minimum atomic E-state index is -0.142. The molecule has 2 aliphatic heterocycles. The quantitative estimate of drug-likeness (QED) is 0.237. The zero-order valence-electron chi connectivity index (χ0n) is 22.6. The average molecular weight is 579 g/mol. The van der Waals surface area contributed by atoms with Gasteiger partial charge in [0, 0.05) is 40.2 Å². The zero-order chi connectivity index (χ0) is 28.8. The molecule has 0 saturated heterocycles. The minimum absolute atomic E-state index is 0.0346. The fourth-order valence-electron chi connectivity index (χ4n) is 5.32. The fraction of sp³-hybridized carbons (Fsp3) is 0.200. The van der Waals surface area contributed by atoms with Gasteiger partial charge in [0.25, 0.3) is 0 Å². The van der Waals surface area contributed by atoms with Crippen molar-refractivity contribution in [3.05, 3.63) is 141 Å². The van der Waals surface area contributed by atoms with E-state index in [2.05, 4.69) is 30.3 Å². The van der Waals surface area contributed by atoms with Crippen molar-refractivity contribution in [3.8, 4) is 6.07 Å². The molecular formula is C35H29Cl2N3O. The summed E-state index contributed by atoms with van der Waals surface area (Å²) in [6.45, 7) is 1.67. The van der Waals surface area contributed by atoms with Gasteiger partial charge in [-0.15, -0.1) is 0 Å². The summed E-state index contributed by atoms with van der Waals surface area (Å²) in [5.41, 5.74) is 6.29. The molecule has 4 aromatic rings. The van der Waals surface area contributed by atoms with Crippen LogP contribution in [0.2, 0.25) is 10.0 Å². The van der Waals surface area contributed by atoms with E-state index in [1.807, 2.05) is 84.9 Å². The van der Waals surface area contributed by atoms with Gasteiger partial charge in [-0.25, -0.2) is 0 Å². The monoisotopic (exact) mass is 577 g/mol. The van der Waals surface area contributed by atoms with Crippen LogP contribution in [-0.4, -0.2) is 17.2 Å². The van der Waals surface area contributed by atoms with Gasteiger partial charge >= 0.3 is 0 Å². The summed E-state index contributed by atoms with van der Waals surface area (Å²) in [6, 6.07) is 37.6. The molecule has 4 unspecified atom stereocenters. The second-order valence-corrected chi connectivity index (χ2v) is 11.1. The number of ketones is 1. The van der Waals surface area contributed by atoms with Crippen LogP contribution >= 0.6 is 23.2 Å². The molecule has 6 heteroatoms. The lowest BCUT2D eigenvalue weighted by Gasteiger charge is -2.15. The summed E-state index contributed by atoms with van der Waals surface area (Å²) in [6.07, 6.45) is 1.39. The Bertz CT molecular complexity index is 1590. The Kier molecular flexibility index (Phi) is 9.09. The van der Waals surface area contributed by atoms with Crippen LogP contribution in [-0.2, 0) is 4.79 Å². The summed E-state index contributed by atoms with van der Waals surface area (Å²) in [5.74, 6) is 0.0398. The number of halogens is 2. The molecule has 0 amide bonds. The van der Waals surface area contributed by atoms with Gasteiger partial charge in [-0.3, -0.25) is 14.8 Å². The Labute approximate surface area is 251 Å². The van der Waals surface area contributed by atoms with Gasteiger partial charge in [0.2, 0.25) is 0 Å². The average Bonchev–Trinajstić information content (AvgIpc) is 3.65. The molecule has 0 radical (unpaired) electrons. The molecule has 4 atom stereocenters. The second kappa shape index (κ2) is 13.1. The highest BCUT2D eigenvalue weighted by atomic mass is 35.5. The number of nitrogens with zero attached hydrogens (tertiary/aromatic N) is 3. The number of carbonyl (C=O) groups is 1. The number of Topliss-reactive ketones (excluding diaryl/α,β-unsaturated/α-hetero) is 1. The third-order valence-electron chi connectivity index (χ3n) is 7.50. The summed E-state index contributed by atoms with van der Waals surface area (Å²) in [4.78, 5) is 21.5. The standard InChI is InChI=1S/C18H17NO.C17H12Cl2N2/c1-13(20)16-12-17(14-8-4-2-5-9-14)19-18(16)15-10-6-3-7-11-15;18-14-5-1-11(2-6-14)16-9-13(10-20)17(21-16)12-3-7-15(19)8-4-12/h2-11,16,18H,12H2,1H3;1-8,13,17H,9H2. The highest BCUT2D eigenvalue weighted by Gasteiger charge is 2.34. The van der Waals surface area contributed by atoms with E-state index in [9.17, 15) is 10.1 Å². The summed E-state index contributed by atoms with van der Waals surface area (Å²) in [7, 11) is 0. The number of hydrogen-bond donors (Lipinski definition) is 0. The van der Waals surface area contributed by atoms with E-state index in [1.54, 1.807) is 6.92 Å². The van der Waals surface area contributed by atoms with Crippen molar-refractivity contribution in [3.63, 3.8) is 0 Å². The molecule has 0 aliphatic carbocycles. The van der Waals surface area contributed by atoms with Crippen molar-refractivity contribution in [2.75, 3.05) is 0 Å². The molecule has 0 fully saturated rings. The maximum absolute atomic E-state index is 11.9. The van der Waals surface area contributed by atoms with Crippen LogP contribution in [0.4, 0.5) is 0 Å². The highest BCUT2D eigenvalue weighted by molar-refractivity contribution is 6.31. The van der Waals surface area contributed by atoms with Crippen molar-refractivity contribution in [1.29, 1.82) is 5.26 Å². The minimum Gasteiger partial charge on any atom is -0.300 e. The van der Waals surface area contributed by atoms with E-state index in [0.29, 0.717) is 16.5 Å². The lowest BCUT2D eigenvalue weighted by molar-refractivity contribution is -0.120. The molecule has 0 bridgehead atoms. The molecule has 0 aromatic heterocycles. The van der Waals surface area contributed by atoms with Gasteiger partial charge in [-0.2, -0.15) is 5.26 Å². The molecule has 204 valence electrons. The first kappa shape index (κ1) is 28.5. The maximum Gasteiger partial charge on any atom is 0.135 e. The van der Waals surface area contributed by atoms with Crippen molar-refractivity contribution < 1.29 is 4.79 Å². The van der Waals surface area contributed by atoms with E-state index >= 15 is 0 Å². The number of rotatable bonds is 5. The van der Waals surface area contributed by atoms with Crippen LogP contribution in [0.25, 0.3) is 0 Å². The van der Waals surface area contributed by atoms with Crippen molar-refractivity contribution >= 4 is 40.4 Å². The van der Waals surface area contributed by atoms with Gasteiger partial charge in [0.05, 0.1) is 24.1 Å². The second-order valence-electron chi connectivity index (χ2n) is 10.2.